The number of rotatable bonds is 6. The SMILES string of the molecule is CN(Cc1ccccn1)c1cnc(CNC2CC2)cn1. The summed E-state index contributed by atoms with van der Waals surface area (Å²) < 4.78 is 0. The Kier molecular flexibility index (Phi) is 3.87. The molecule has 0 bridgehead atoms. The Morgan fingerprint density at radius 1 is 1.15 bits per heavy atom. The van der Waals surface area contributed by atoms with Gasteiger partial charge in [0.15, 0.2) is 0 Å². The number of nitrogens with one attached hydrogen (secondary N) is 1. The Balaban J connectivity index is 1.58. The minimum atomic E-state index is 0.698. The minimum Gasteiger partial charge on any atom is -0.353 e. The Morgan fingerprint density at radius 2 is 2.05 bits per heavy atom. The summed E-state index contributed by atoms with van der Waals surface area (Å²) in [5.74, 6) is 0.867. The van der Waals surface area contributed by atoms with Crippen molar-refractivity contribution in [2.45, 2.75) is 32.0 Å². The van der Waals surface area contributed by atoms with Gasteiger partial charge in [0.1, 0.15) is 5.82 Å². The van der Waals surface area contributed by atoms with E-state index < -0.39 is 0 Å². The van der Waals surface area contributed by atoms with Crippen molar-refractivity contribution in [1.82, 2.24) is 20.3 Å². The first-order valence-electron chi connectivity index (χ1n) is 6.96. The van der Waals surface area contributed by atoms with E-state index in [2.05, 4.69) is 20.3 Å². The fraction of sp³-hybridized carbons (Fsp3) is 0.400. The molecule has 0 aromatic carbocycles. The highest BCUT2D eigenvalue weighted by Gasteiger charge is 2.20. The minimum absolute atomic E-state index is 0.698. The molecule has 1 N–H and O–H groups in total. The van der Waals surface area contributed by atoms with E-state index in [0.717, 1.165) is 30.3 Å². The van der Waals surface area contributed by atoms with Gasteiger partial charge in [0.2, 0.25) is 0 Å². The van der Waals surface area contributed by atoms with Gasteiger partial charge in [-0.2, -0.15) is 0 Å². The van der Waals surface area contributed by atoms with Crippen LogP contribution >= 0.6 is 0 Å². The molecule has 0 amide bonds. The lowest BCUT2D eigenvalue weighted by Crippen LogP contribution is -2.20. The van der Waals surface area contributed by atoms with Crippen molar-refractivity contribution in [2.24, 2.45) is 0 Å². The third-order valence-electron chi connectivity index (χ3n) is 3.36. The van der Waals surface area contributed by atoms with Gasteiger partial charge in [-0.1, -0.05) is 6.07 Å². The largest absolute Gasteiger partial charge is 0.353 e. The van der Waals surface area contributed by atoms with Gasteiger partial charge in [0, 0.05) is 25.8 Å². The van der Waals surface area contributed by atoms with Crippen molar-refractivity contribution >= 4 is 5.82 Å². The quantitative estimate of drug-likeness (QED) is 0.866. The molecule has 3 rings (SSSR count). The zero-order valence-corrected chi connectivity index (χ0v) is 11.7. The predicted molar refractivity (Wildman–Crippen MR) is 78.2 cm³/mol. The van der Waals surface area contributed by atoms with Gasteiger partial charge in [-0.25, -0.2) is 4.98 Å². The average Bonchev–Trinajstić information content (AvgIpc) is 3.31. The fourth-order valence-corrected chi connectivity index (χ4v) is 1.99. The molecule has 0 aliphatic heterocycles. The van der Waals surface area contributed by atoms with E-state index >= 15 is 0 Å². The normalized spacial score (nSPS) is 14.2. The number of hydrogen-bond donors (Lipinski definition) is 1. The monoisotopic (exact) mass is 269 g/mol. The lowest BCUT2D eigenvalue weighted by molar-refractivity contribution is 0.671. The fourth-order valence-electron chi connectivity index (χ4n) is 1.99. The van der Waals surface area contributed by atoms with Crippen molar-refractivity contribution in [3.63, 3.8) is 0 Å². The summed E-state index contributed by atoms with van der Waals surface area (Å²) in [6.45, 7) is 1.54. The van der Waals surface area contributed by atoms with Crippen LogP contribution < -0.4 is 10.2 Å². The Morgan fingerprint density at radius 3 is 2.70 bits per heavy atom. The summed E-state index contributed by atoms with van der Waals surface area (Å²) in [5, 5.41) is 3.44. The molecule has 5 heteroatoms. The van der Waals surface area contributed by atoms with E-state index in [0.29, 0.717) is 6.04 Å². The summed E-state index contributed by atoms with van der Waals surface area (Å²) in [5.41, 5.74) is 2.02. The maximum atomic E-state index is 4.47. The van der Waals surface area contributed by atoms with Gasteiger partial charge in [-0.15, -0.1) is 0 Å². The maximum absolute atomic E-state index is 4.47. The highest BCUT2D eigenvalue weighted by molar-refractivity contribution is 5.35. The Labute approximate surface area is 119 Å². The lowest BCUT2D eigenvalue weighted by Gasteiger charge is -2.17. The molecule has 0 spiro atoms. The summed E-state index contributed by atoms with van der Waals surface area (Å²) >= 11 is 0. The molecule has 5 nitrogen and oxygen atoms in total. The maximum Gasteiger partial charge on any atom is 0.147 e. The van der Waals surface area contributed by atoms with E-state index in [-0.39, 0.29) is 0 Å². The van der Waals surface area contributed by atoms with Crippen LogP contribution in [0.3, 0.4) is 0 Å². The molecule has 0 atom stereocenters. The van der Waals surface area contributed by atoms with Crippen molar-refractivity contribution in [3.05, 3.63) is 48.2 Å². The van der Waals surface area contributed by atoms with E-state index in [1.165, 1.54) is 12.8 Å². The average molecular weight is 269 g/mol. The first-order valence-corrected chi connectivity index (χ1v) is 6.96. The molecular formula is C15H19N5. The predicted octanol–water partition coefficient (Wildman–Crippen LogP) is 1.76. The van der Waals surface area contributed by atoms with Crippen LogP contribution in [-0.2, 0) is 13.1 Å². The van der Waals surface area contributed by atoms with E-state index in [9.17, 15) is 0 Å². The van der Waals surface area contributed by atoms with Crippen LogP contribution in [0.2, 0.25) is 0 Å². The molecule has 0 saturated heterocycles. The lowest BCUT2D eigenvalue weighted by atomic mass is 10.3. The number of hydrogen-bond acceptors (Lipinski definition) is 5. The van der Waals surface area contributed by atoms with Crippen molar-refractivity contribution < 1.29 is 0 Å². The van der Waals surface area contributed by atoms with Crippen molar-refractivity contribution in [3.8, 4) is 0 Å². The molecular weight excluding hydrogens is 250 g/mol. The molecule has 2 heterocycles. The molecule has 1 aliphatic carbocycles. The second-order valence-electron chi connectivity index (χ2n) is 5.20. The van der Waals surface area contributed by atoms with E-state index in [4.69, 9.17) is 0 Å². The first kappa shape index (κ1) is 13.0. The van der Waals surface area contributed by atoms with Gasteiger partial charge in [0.25, 0.3) is 0 Å². The topological polar surface area (TPSA) is 53.9 Å². The molecule has 0 radical (unpaired) electrons. The molecule has 1 aliphatic rings. The molecule has 2 aromatic rings. The van der Waals surface area contributed by atoms with Crippen LogP contribution in [0.4, 0.5) is 5.82 Å². The molecule has 2 aromatic heterocycles. The van der Waals surface area contributed by atoms with Crippen LogP contribution in [0.15, 0.2) is 36.8 Å². The second-order valence-corrected chi connectivity index (χ2v) is 5.20. The van der Waals surface area contributed by atoms with Gasteiger partial charge in [0.05, 0.1) is 30.3 Å². The Hall–Kier alpha value is -2.01. The van der Waals surface area contributed by atoms with Crippen LogP contribution in [0.25, 0.3) is 0 Å². The van der Waals surface area contributed by atoms with E-state index in [1.54, 1.807) is 0 Å². The molecule has 1 saturated carbocycles. The Bertz CT molecular complexity index is 536. The number of pyridine rings is 1. The summed E-state index contributed by atoms with van der Waals surface area (Å²) in [6.07, 6.45) is 8.06. The second kappa shape index (κ2) is 5.96. The highest BCUT2D eigenvalue weighted by Crippen LogP contribution is 2.19. The summed E-state index contributed by atoms with van der Waals surface area (Å²) in [6, 6.07) is 6.63. The zero-order valence-electron chi connectivity index (χ0n) is 11.7. The third kappa shape index (κ3) is 3.51. The van der Waals surface area contributed by atoms with Gasteiger partial charge in [-0.3, -0.25) is 9.97 Å². The summed E-state index contributed by atoms with van der Waals surface area (Å²) in [4.78, 5) is 15.3. The molecule has 0 unspecified atom stereocenters. The van der Waals surface area contributed by atoms with Crippen LogP contribution in [-0.4, -0.2) is 28.0 Å². The zero-order chi connectivity index (χ0) is 13.8. The van der Waals surface area contributed by atoms with Crippen LogP contribution in [0.5, 0.6) is 0 Å². The smallest absolute Gasteiger partial charge is 0.147 e. The number of nitrogens with zero attached hydrogens (tertiary/aromatic N) is 4. The standard InChI is InChI=1S/C15H19N5/c1-20(11-13-4-2-3-7-16-13)15-10-18-14(9-19-15)8-17-12-5-6-12/h2-4,7,9-10,12,17H,5-6,8,11H2,1H3. The number of aromatic nitrogens is 3. The molecule has 20 heavy (non-hydrogen) atoms. The number of anilines is 1. The third-order valence-corrected chi connectivity index (χ3v) is 3.36. The highest BCUT2D eigenvalue weighted by atomic mass is 15.2. The van der Waals surface area contributed by atoms with Crippen LogP contribution in [0.1, 0.15) is 24.2 Å². The molecule has 1 fully saturated rings. The van der Waals surface area contributed by atoms with Gasteiger partial charge in [-0.05, 0) is 25.0 Å². The van der Waals surface area contributed by atoms with Gasteiger partial charge >= 0.3 is 0 Å². The van der Waals surface area contributed by atoms with Crippen molar-refractivity contribution in [2.75, 3.05) is 11.9 Å². The first-order chi connectivity index (χ1) is 9.81. The van der Waals surface area contributed by atoms with Crippen molar-refractivity contribution in [1.29, 1.82) is 0 Å². The van der Waals surface area contributed by atoms with Crippen LogP contribution in [0, 0.1) is 0 Å². The van der Waals surface area contributed by atoms with E-state index in [1.807, 2.05) is 48.7 Å². The molecule has 104 valence electrons. The summed E-state index contributed by atoms with van der Waals surface area (Å²) in [7, 11) is 2.00. The van der Waals surface area contributed by atoms with Gasteiger partial charge < -0.3 is 10.2 Å².